The molecule has 1 aromatic heterocycles. The van der Waals surface area contributed by atoms with Gasteiger partial charge in [-0.2, -0.15) is 0 Å². The highest BCUT2D eigenvalue weighted by molar-refractivity contribution is 6.32. The Bertz CT molecular complexity index is 640. The van der Waals surface area contributed by atoms with E-state index in [-0.39, 0.29) is 6.61 Å². The van der Waals surface area contributed by atoms with E-state index in [1.165, 1.54) is 7.11 Å². The summed E-state index contributed by atoms with van der Waals surface area (Å²) < 4.78 is 10.0. The Labute approximate surface area is 116 Å². The van der Waals surface area contributed by atoms with Gasteiger partial charge in [0.2, 0.25) is 0 Å². The average Bonchev–Trinajstić information content (AvgIpc) is 2.40. The van der Waals surface area contributed by atoms with Gasteiger partial charge in [-0.3, -0.25) is 4.98 Å². The molecule has 0 unspecified atom stereocenters. The van der Waals surface area contributed by atoms with E-state index < -0.39 is 5.97 Å². The van der Waals surface area contributed by atoms with E-state index in [2.05, 4.69) is 9.72 Å². The smallest absolute Gasteiger partial charge is 0.343 e. The van der Waals surface area contributed by atoms with Crippen LogP contribution in [-0.2, 0) is 9.53 Å². The maximum absolute atomic E-state index is 11.1. The maximum atomic E-state index is 11.1. The van der Waals surface area contributed by atoms with Crippen LogP contribution in [-0.4, -0.2) is 24.7 Å². The molecule has 0 saturated heterocycles. The number of carbonyl (C=O) groups excluding carboxylic acids is 1. The van der Waals surface area contributed by atoms with Crippen LogP contribution in [0, 0.1) is 13.8 Å². The third kappa shape index (κ3) is 2.79. The fraction of sp³-hybridized carbons (Fsp3) is 0.286. The standard InChI is InChI=1S/C14H14ClNO3/c1-8-6-12(19-7-13(17)18-3)10-4-5-11(15)9(2)14(10)16-8/h4-6H,7H2,1-3H3. The molecule has 100 valence electrons. The van der Waals surface area contributed by atoms with E-state index in [9.17, 15) is 4.79 Å². The van der Waals surface area contributed by atoms with E-state index in [4.69, 9.17) is 16.3 Å². The van der Waals surface area contributed by atoms with E-state index in [1.54, 1.807) is 12.1 Å². The molecule has 0 aliphatic carbocycles. The van der Waals surface area contributed by atoms with E-state index >= 15 is 0 Å². The first kappa shape index (κ1) is 13.6. The average molecular weight is 280 g/mol. The minimum absolute atomic E-state index is 0.128. The number of carbonyl (C=O) groups is 1. The van der Waals surface area contributed by atoms with Crippen LogP contribution < -0.4 is 4.74 Å². The molecule has 4 nitrogen and oxygen atoms in total. The number of ether oxygens (including phenoxy) is 2. The first-order chi connectivity index (χ1) is 9.02. The molecule has 0 aliphatic rings. The summed E-state index contributed by atoms with van der Waals surface area (Å²) in [4.78, 5) is 15.6. The lowest BCUT2D eigenvalue weighted by molar-refractivity contribution is -0.142. The van der Waals surface area contributed by atoms with Crippen molar-refractivity contribution in [1.82, 2.24) is 4.98 Å². The number of methoxy groups -OCH3 is 1. The lowest BCUT2D eigenvalue weighted by Crippen LogP contribution is -2.13. The van der Waals surface area contributed by atoms with Crippen molar-refractivity contribution in [2.24, 2.45) is 0 Å². The minimum atomic E-state index is -0.423. The maximum Gasteiger partial charge on any atom is 0.343 e. The minimum Gasteiger partial charge on any atom is -0.481 e. The normalized spacial score (nSPS) is 10.5. The number of nitrogens with zero attached hydrogens (tertiary/aromatic N) is 1. The molecule has 0 atom stereocenters. The Balaban J connectivity index is 2.49. The second-order valence-corrected chi connectivity index (χ2v) is 4.60. The Morgan fingerprint density at radius 1 is 1.37 bits per heavy atom. The van der Waals surface area contributed by atoms with Crippen LogP contribution in [0.4, 0.5) is 0 Å². The van der Waals surface area contributed by atoms with Crippen molar-refractivity contribution in [3.05, 3.63) is 34.5 Å². The SMILES string of the molecule is COC(=O)COc1cc(C)nc2c(C)c(Cl)ccc12. The molecule has 0 amide bonds. The number of halogens is 1. The fourth-order valence-corrected chi connectivity index (χ4v) is 1.96. The van der Waals surface area contributed by atoms with Crippen molar-refractivity contribution >= 4 is 28.5 Å². The summed E-state index contributed by atoms with van der Waals surface area (Å²) in [5.74, 6) is 0.181. The highest BCUT2D eigenvalue weighted by atomic mass is 35.5. The molecular weight excluding hydrogens is 266 g/mol. The second-order valence-electron chi connectivity index (χ2n) is 4.20. The summed E-state index contributed by atoms with van der Waals surface area (Å²) in [5, 5.41) is 1.49. The number of rotatable bonds is 3. The van der Waals surface area contributed by atoms with Gasteiger partial charge in [0.25, 0.3) is 0 Å². The van der Waals surface area contributed by atoms with Gasteiger partial charge in [0, 0.05) is 22.2 Å². The number of pyridine rings is 1. The van der Waals surface area contributed by atoms with Crippen LogP contribution in [0.15, 0.2) is 18.2 Å². The van der Waals surface area contributed by atoms with Crippen LogP contribution in [0.25, 0.3) is 10.9 Å². The molecule has 0 N–H and O–H groups in total. The van der Waals surface area contributed by atoms with Crippen molar-refractivity contribution < 1.29 is 14.3 Å². The number of esters is 1. The van der Waals surface area contributed by atoms with Gasteiger partial charge in [-0.05, 0) is 31.5 Å². The van der Waals surface area contributed by atoms with Crippen LogP contribution in [0.3, 0.4) is 0 Å². The number of hydrogen-bond acceptors (Lipinski definition) is 4. The predicted octanol–water partition coefficient (Wildman–Crippen LogP) is 3.06. The predicted molar refractivity (Wildman–Crippen MR) is 73.7 cm³/mol. The highest BCUT2D eigenvalue weighted by Gasteiger charge is 2.11. The van der Waals surface area contributed by atoms with E-state index in [0.29, 0.717) is 10.8 Å². The zero-order valence-electron chi connectivity index (χ0n) is 11.0. The van der Waals surface area contributed by atoms with Gasteiger partial charge in [0.05, 0.1) is 12.6 Å². The third-order valence-corrected chi connectivity index (χ3v) is 3.24. The number of benzene rings is 1. The van der Waals surface area contributed by atoms with Gasteiger partial charge >= 0.3 is 5.97 Å². The molecule has 2 rings (SSSR count). The molecule has 19 heavy (non-hydrogen) atoms. The van der Waals surface area contributed by atoms with Gasteiger partial charge in [-0.1, -0.05) is 11.6 Å². The molecule has 0 fully saturated rings. The lowest BCUT2D eigenvalue weighted by atomic mass is 10.1. The van der Waals surface area contributed by atoms with Crippen LogP contribution in [0.2, 0.25) is 5.02 Å². The zero-order valence-corrected chi connectivity index (χ0v) is 11.7. The fourth-order valence-electron chi connectivity index (χ4n) is 1.81. The largest absolute Gasteiger partial charge is 0.481 e. The van der Waals surface area contributed by atoms with Gasteiger partial charge in [-0.15, -0.1) is 0 Å². The quantitative estimate of drug-likeness (QED) is 0.810. The monoisotopic (exact) mass is 279 g/mol. The number of aryl methyl sites for hydroxylation is 2. The van der Waals surface area contributed by atoms with E-state index in [1.807, 2.05) is 19.9 Å². The van der Waals surface area contributed by atoms with Gasteiger partial charge in [0.1, 0.15) is 5.75 Å². The molecule has 0 bridgehead atoms. The molecule has 0 radical (unpaired) electrons. The van der Waals surface area contributed by atoms with Crippen molar-refractivity contribution in [2.75, 3.05) is 13.7 Å². The first-order valence-electron chi connectivity index (χ1n) is 5.79. The van der Waals surface area contributed by atoms with E-state index in [0.717, 1.165) is 22.2 Å². The molecule has 1 heterocycles. The Hall–Kier alpha value is -1.81. The highest BCUT2D eigenvalue weighted by Crippen LogP contribution is 2.31. The van der Waals surface area contributed by atoms with Crippen molar-refractivity contribution in [3.8, 4) is 5.75 Å². The zero-order chi connectivity index (χ0) is 14.0. The Morgan fingerprint density at radius 3 is 2.79 bits per heavy atom. The van der Waals surface area contributed by atoms with Crippen LogP contribution >= 0.6 is 11.6 Å². The molecule has 2 aromatic rings. The molecule has 0 aliphatic heterocycles. The Morgan fingerprint density at radius 2 is 2.11 bits per heavy atom. The lowest BCUT2D eigenvalue weighted by Gasteiger charge is -2.11. The number of fused-ring (bicyclic) bond motifs is 1. The van der Waals surface area contributed by atoms with Gasteiger partial charge in [-0.25, -0.2) is 4.79 Å². The summed E-state index contributed by atoms with van der Waals surface area (Å²) in [5.41, 5.74) is 2.48. The summed E-state index contributed by atoms with van der Waals surface area (Å²) in [7, 11) is 1.32. The summed E-state index contributed by atoms with van der Waals surface area (Å²) in [6, 6.07) is 5.42. The molecule has 5 heteroatoms. The topological polar surface area (TPSA) is 48.4 Å². The molecule has 0 spiro atoms. The van der Waals surface area contributed by atoms with Crippen LogP contribution in [0.1, 0.15) is 11.3 Å². The van der Waals surface area contributed by atoms with Crippen molar-refractivity contribution in [1.29, 1.82) is 0 Å². The van der Waals surface area contributed by atoms with Crippen molar-refractivity contribution in [2.45, 2.75) is 13.8 Å². The second kappa shape index (κ2) is 5.45. The van der Waals surface area contributed by atoms with Gasteiger partial charge < -0.3 is 9.47 Å². The first-order valence-corrected chi connectivity index (χ1v) is 6.17. The van der Waals surface area contributed by atoms with Crippen molar-refractivity contribution in [3.63, 3.8) is 0 Å². The molecule has 0 saturated carbocycles. The Kier molecular flexibility index (Phi) is 3.90. The van der Waals surface area contributed by atoms with Crippen LogP contribution in [0.5, 0.6) is 5.75 Å². The summed E-state index contributed by atoms with van der Waals surface area (Å²) in [6.45, 7) is 3.64. The number of hydrogen-bond donors (Lipinski definition) is 0. The summed E-state index contributed by atoms with van der Waals surface area (Å²) in [6.07, 6.45) is 0. The molecule has 1 aromatic carbocycles. The summed E-state index contributed by atoms with van der Waals surface area (Å²) >= 11 is 6.09. The molecular formula is C14H14ClNO3. The third-order valence-electron chi connectivity index (χ3n) is 2.83. The van der Waals surface area contributed by atoms with Gasteiger partial charge in [0.15, 0.2) is 6.61 Å². The number of aromatic nitrogens is 1.